The quantitative estimate of drug-likeness (QED) is 0.791. The average molecular weight is 321 g/mol. The highest BCUT2D eigenvalue weighted by molar-refractivity contribution is 5.89. The van der Waals surface area contributed by atoms with Gasteiger partial charge in [0, 0.05) is 31.2 Å². The van der Waals surface area contributed by atoms with Gasteiger partial charge in [0.15, 0.2) is 5.82 Å². The maximum absolute atomic E-state index is 9.55. The number of hydrogen-bond acceptors (Lipinski definition) is 6. The molecule has 1 aromatic heterocycles. The highest BCUT2D eigenvalue weighted by Crippen LogP contribution is 2.42. The molecule has 0 aromatic carbocycles. The minimum absolute atomic E-state index is 0.527. The number of piperidine rings is 1. The number of aliphatic carboxylic acids is 2. The molecular weight excluding hydrogens is 302 g/mol. The lowest BCUT2D eigenvalue weighted by molar-refractivity contribution is -0.134. The van der Waals surface area contributed by atoms with Crippen LogP contribution in [0.4, 0.5) is 0 Å². The summed E-state index contributed by atoms with van der Waals surface area (Å²) < 4.78 is 5.41. The zero-order chi connectivity index (χ0) is 16.4. The Labute approximate surface area is 132 Å². The van der Waals surface area contributed by atoms with Crippen LogP contribution in [0.25, 0.3) is 0 Å². The lowest BCUT2D eigenvalue weighted by Crippen LogP contribution is -2.22. The standard InChI is InChI=1S/C11H15N3O.C4H4O4/c1-2-7(1)10-12-11(15-13-10)9-6-14-4-3-8(9)5-14;5-3(6)1-2-4(7)8/h7-9H,1-6H2;1-2H,(H,5,6)(H,7,8)/b;2-1+/t8-,9-;/m0./s1. The van der Waals surface area contributed by atoms with Gasteiger partial charge in [0.2, 0.25) is 5.89 Å². The lowest BCUT2D eigenvalue weighted by atomic mass is 9.93. The van der Waals surface area contributed by atoms with Gasteiger partial charge in [0.1, 0.15) is 0 Å². The molecule has 3 atom stereocenters. The van der Waals surface area contributed by atoms with Gasteiger partial charge in [-0.2, -0.15) is 4.98 Å². The van der Waals surface area contributed by atoms with E-state index < -0.39 is 11.9 Å². The Bertz CT molecular complexity index is 606. The molecule has 0 amide bonds. The molecule has 3 heterocycles. The maximum atomic E-state index is 9.55. The predicted octanol–water partition coefficient (Wildman–Crippen LogP) is 1.08. The number of hydrogen-bond donors (Lipinski definition) is 2. The second-order valence-corrected chi connectivity index (χ2v) is 6.19. The van der Waals surface area contributed by atoms with E-state index in [1.165, 1.54) is 32.4 Å². The first-order chi connectivity index (χ1) is 11.0. The van der Waals surface area contributed by atoms with E-state index in [-0.39, 0.29) is 0 Å². The van der Waals surface area contributed by atoms with E-state index in [9.17, 15) is 9.59 Å². The molecule has 0 spiro atoms. The Morgan fingerprint density at radius 1 is 1.13 bits per heavy atom. The minimum Gasteiger partial charge on any atom is -0.478 e. The van der Waals surface area contributed by atoms with E-state index in [2.05, 4.69) is 15.0 Å². The van der Waals surface area contributed by atoms with Crippen LogP contribution in [-0.2, 0) is 9.59 Å². The van der Waals surface area contributed by atoms with E-state index in [1.807, 2.05) is 0 Å². The van der Waals surface area contributed by atoms with Crippen LogP contribution in [0.2, 0.25) is 0 Å². The van der Waals surface area contributed by atoms with E-state index in [1.54, 1.807) is 0 Å². The number of rotatable bonds is 4. The molecule has 3 aliphatic rings. The summed E-state index contributed by atoms with van der Waals surface area (Å²) in [5, 5.41) is 19.7. The van der Waals surface area contributed by atoms with Gasteiger partial charge < -0.3 is 19.6 Å². The first-order valence-electron chi connectivity index (χ1n) is 7.72. The van der Waals surface area contributed by atoms with Crippen LogP contribution in [0.3, 0.4) is 0 Å². The third kappa shape index (κ3) is 3.95. The van der Waals surface area contributed by atoms with Crippen molar-refractivity contribution in [1.82, 2.24) is 15.0 Å². The van der Waals surface area contributed by atoms with E-state index in [0.717, 1.165) is 24.2 Å². The smallest absolute Gasteiger partial charge is 0.328 e. The normalized spacial score (nSPS) is 28.6. The second-order valence-electron chi connectivity index (χ2n) is 6.19. The van der Waals surface area contributed by atoms with Crippen LogP contribution >= 0.6 is 0 Å². The number of fused-ring (bicyclic) bond motifs is 2. The van der Waals surface area contributed by atoms with E-state index in [0.29, 0.717) is 24.0 Å². The van der Waals surface area contributed by atoms with Gasteiger partial charge in [-0.25, -0.2) is 9.59 Å². The van der Waals surface area contributed by atoms with Crippen molar-refractivity contribution in [2.24, 2.45) is 5.92 Å². The summed E-state index contributed by atoms with van der Waals surface area (Å²) in [5.41, 5.74) is 0. The SMILES string of the molecule is C1CC1c1noc([C@H]2CN3CC[C@H]2C3)n1.O=C(O)/C=C/C(=O)O. The van der Waals surface area contributed by atoms with Crippen LogP contribution in [-0.4, -0.2) is 56.8 Å². The fourth-order valence-corrected chi connectivity index (χ4v) is 3.11. The highest BCUT2D eigenvalue weighted by atomic mass is 16.5. The summed E-state index contributed by atoms with van der Waals surface area (Å²) in [6, 6.07) is 0. The molecule has 2 aliphatic heterocycles. The molecule has 124 valence electrons. The summed E-state index contributed by atoms with van der Waals surface area (Å²) in [7, 11) is 0. The summed E-state index contributed by atoms with van der Waals surface area (Å²) in [6.07, 6.45) is 4.93. The third-order valence-corrected chi connectivity index (χ3v) is 4.42. The van der Waals surface area contributed by atoms with Gasteiger partial charge in [-0.15, -0.1) is 0 Å². The van der Waals surface area contributed by atoms with Gasteiger partial charge in [0.05, 0.1) is 5.92 Å². The van der Waals surface area contributed by atoms with Crippen LogP contribution in [0, 0.1) is 5.92 Å². The van der Waals surface area contributed by atoms with Crippen molar-refractivity contribution in [2.45, 2.75) is 31.1 Å². The molecule has 0 radical (unpaired) electrons. The fourth-order valence-electron chi connectivity index (χ4n) is 3.11. The number of carboxylic acid groups (broad SMARTS) is 2. The van der Waals surface area contributed by atoms with E-state index in [4.69, 9.17) is 14.7 Å². The summed E-state index contributed by atoms with van der Waals surface area (Å²) in [5.74, 6) is 1.27. The zero-order valence-corrected chi connectivity index (χ0v) is 12.6. The first kappa shape index (κ1) is 15.7. The summed E-state index contributed by atoms with van der Waals surface area (Å²) in [4.78, 5) is 26.2. The molecule has 2 saturated heterocycles. The van der Waals surface area contributed by atoms with Crippen molar-refractivity contribution < 1.29 is 24.3 Å². The van der Waals surface area contributed by atoms with Crippen molar-refractivity contribution in [3.63, 3.8) is 0 Å². The Balaban J connectivity index is 0.000000170. The minimum atomic E-state index is -1.26. The van der Waals surface area contributed by atoms with Crippen molar-refractivity contribution >= 4 is 11.9 Å². The molecule has 23 heavy (non-hydrogen) atoms. The van der Waals surface area contributed by atoms with Gasteiger partial charge in [-0.3, -0.25) is 0 Å². The number of carbonyl (C=O) groups is 2. The molecule has 2 bridgehead atoms. The predicted molar refractivity (Wildman–Crippen MR) is 78.0 cm³/mol. The maximum Gasteiger partial charge on any atom is 0.328 e. The zero-order valence-electron chi connectivity index (χ0n) is 12.6. The number of carboxylic acids is 2. The average Bonchev–Trinajstić information content (AvgIpc) is 2.95. The number of nitrogens with zero attached hydrogens (tertiary/aromatic N) is 3. The largest absolute Gasteiger partial charge is 0.478 e. The van der Waals surface area contributed by atoms with Gasteiger partial charge in [-0.1, -0.05) is 5.16 Å². The second kappa shape index (κ2) is 6.49. The Hall–Kier alpha value is -2.22. The van der Waals surface area contributed by atoms with Crippen molar-refractivity contribution in [3.8, 4) is 0 Å². The molecule has 8 nitrogen and oxygen atoms in total. The molecule has 4 rings (SSSR count). The van der Waals surface area contributed by atoms with Crippen molar-refractivity contribution in [2.75, 3.05) is 19.6 Å². The summed E-state index contributed by atoms with van der Waals surface area (Å²) >= 11 is 0. The summed E-state index contributed by atoms with van der Waals surface area (Å²) in [6.45, 7) is 3.65. The first-order valence-corrected chi connectivity index (χ1v) is 7.72. The molecule has 1 saturated carbocycles. The molecular formula is C15H19N3O5. The molecule has 8 heteroatoms. The Kier molecular flexibility index (Phi) is 4.42. The van der Waals surface area contributed by atoms with Crippen LogP contribution < -0.4 is 0 Å². The molecule has 2 N–H and O–H groups in total. The van der Waals surface area contributed by atoms with Crippen LogP contribution in [0.1, 0.15) is 42.8 Å². The lowest BCUT2D eigenvalue weighted by Gasteiger charge is -2.17. The van der Waals surface area contributed by atoms with Crippen LogP contribution in [0.5, 0.6) is 0 Å². The number of aromatic nitrogens is 2. The van der Waals surface area contributed by atoms with Gasteiger partial charge in [-0.05, 0) is 31.7 Å². The van der Waals surface area contributed by atoms with Crippen LogP contribution in [0.15, 0.2) is 16.7 Å². The molecule has 1 unspecified atom stereocenters. The highest BCUT2D eigenvalue weighted by Gasteiger charge is 2.42. The Morgan fingerprint density at radius 2 is 1.83 bits per heavy atom. The van der Waals surface area contributed by atoms with Crippen molar-refractivity contribution in [3.05, 3.63) is 23.9 Å². The molecule has 1 aliphatic carbocycles. The van der Waals surface area contributed by atoms with Gasteiger partial charge in [0.25, 0.3) is 0 Å². The van der Waals surface area contributed by atoms with E-state index >= 15 is 0 Å². The molecule has 3 fully saturated rings. The Morgan fingerprint density at radius 3 is 2.30 bits per heavy atom. The van der Waals surface area contributed by atoms with Crippen molar-refractivity contribution in [1.29, 1.82) is 0 Å². The molecule has 1 aromatic rings. The van der Waals surface area contributed by atoms with Gasteiger partial charge >= 0.3 is 11.9 Å². The monoisotopic (exact) mass is 321 g/mol. The topological polar surface area (TPSA) is 117 Å². The third-order valence-electron chi connectivity index (χ3n) is 4.42. The fraction of sp³-hybridized carbons (Fsp3) is 0.600.